The summed E-state index contributed by atoms with van der Waals surface area (Å²) in [5, 5.41) is 6.03. The quantitative estimate of drug-likeness (QED) is 0.410. The average Bonchev–Trinajstić information content (AvgIpc) is 3.38. The van der Waals surface area contributed by atoms with E-state index in [1.807, 2.05) is 43.5 Å². The molecule has 0 aliphatic carbocycles. The molecule has 3 N–H and O–H groups in total. The number of H-pyrrole nitrogens is 1. The van der Waals surface area contributed by atoms with Gasteiger partial charge < -0.3 is 20.0 Å². The number of nitrogens with zero attached hydrogens (tertiary/aromatic N) is 6. The molecule has 0 unspecified atom stereocenters. The molecule has 0 spiro atoms. The minimum atomic E-state index is -4.55. The second kappa shape index (κ2) is 8.09. The number of halogens is 3. The van der Waals surface area contributed by atoms with Gasteiger partial charge in [0.05, 0.1) is 29.6 Å². The molecule has 12 heteroatoms. The summed E-state index contributed by atoms with van der Waals surface area (Å²) in [7, 11) is 1.68. The Morgan fingerprint density at radius 2 is 1.78 bits per heavy atom. The zero-order valence-electron chi connectivity index (χ0n) is 17.9. The van der Waals surface area contributed by atoms with Gasteiger partial charge in [0.25, 0.3) is 0 Å². The molecule has 4 rings (SSSR count). The Balaban J connectivity index is 1.70. The molecule has 0 bridgehead atoms. The third kappa shape index (κ3) is 4.20. The molecule has 4 heterocycles. The number of aryl methyl sites for hydroxylation is 1. The van der Waals surface area contributed by atoms with Crippen LogP contribution in [-0.2, 0) is 6.18 Å². The van der Waals surface area contributed by atoms with Crippen molar-refractivity contribution in [3.63, 3.8) is 0 Å². The molecule has 4 aromatic heterocycles. The van der Waals surface area contributed by atoms with Gasteiger partial charge in [0.1, 0.15) is 5.82 Å². The molecular formula is C20H22F3N9. The van der Waals surface area contributed by atoms with Crippen LogP contribution in [0.3, 0.4) is 0 Å². The van der Waals surface area contributed by atoms with Gasteiger partial charge in [-0.25, -0.2) is 9.97 Å². The first-order valence-electron chi connectivity index (χ1n) is 9.92. The molecule has 0 radical (unpaired) electrons. The first-order chi connectivity index (χ1) is 15.2. The molecule has 32 heavy (non-hydrogen) atoms. The van der Waals surface area contributed by atoms with Crippen LogP contribution in [-0.4, -0.2) is 41.4 Å². The summed E-state index contributed by atoms with van der Waals surface area (Å²) in [5.74, 6) is 0.648. The van der Waals surface area contributed by atoms with Gasteiger partial charge in [-0.05, 0) is 25.0 Å². The minimum Gasteiger partial charge on any atom is -0.357 e. The second-order valence-electron chi connectivity index (χ2n) is 7.63. The lowest BCUT2D eigenvalue weighted by atomic mass is 10.0. The number of aromatic amines is 1. The largest absolute Gasteiger partial charge is 0.449 e. The third-order valence-electron chi connectivity index (χ3n) is 4.98. The Morgan fingerprint density at radius 1 is 1.03 bits per heavy atom. The van der Waals surface area contributed by atoms with E-state index in [0.29, 0.717) is 11.8 Å². The summed E-state index contributed by atoms with van der Waals surface area (Å²) in [6, 6.07) is 3.25. The lowest BCUT2D eigenvalue weighted by Gasteiger charge is -2.21. The van der Waals surface area contributed by atoms with E-state index in [0.717, 1.165) is 16.9 Å². The summed E-state index contributed by atoms with van der Waals surface area (Å²) in [6.45, 7) is 5.65. The Bertz CT molecular complexity index is 1240. The van der Waals surface area contributed by atoms with E-state index in [2.05, 4.69) is 40.5 Å². The maximum Gasteiger partial charge on any atom is 0.449 e. The van der Waals surface area contributed by atoms with Crippen LogP contribution < -0.4 is 10.6 Å². The molecule has 168 valence electrons. The van der Waals surface area contributed by atoms with Gasteiger partial charge in [0.2, 0.25) is 17.7 Å². The number of hydrogen-bond donors (Lipinski definition) is 3. The molecule has 0 amide bonds. The number of alkyl halides is 3. The van der Waals surface area contributed by atoms with Crippen molar-refractivity contribution in [1.29, 1.82) is 0 Å². The highest BCUT2D eigenvalue weighted by molar-refractivity contribution is 5.61. The van der Waals surface area contributed by atoms with Gasteiger partial charge in [-0.1, -0.05) is 13.8 Å². The van der Waals surface area contributed by atoms with E-state index in [9.17, 15) is 13.2 Å². The van der Waals surface area contributed by atoms with E-state index in [1.54, 1.807) is 13.2 Å². The number of rotatable bonds is 6. The number of nitrogens with one attached hydrogen (secondary N) is 3. The Kier molecular flexibility index (Phi) is 5.45. The van der Waals surface area contributed by atoms with Crippen molar-refractivity contribution in [2.75, 3.05) is 17.7 Å². The topological polar surface area (TPSA) is 109 Å². The zero-order valence-corrected chi connectivity index (χ0v) is 17.9. The molecule has 0 aliphatic heterocycles. The maximum absolute atomic E-state index is 13.0. The molecule has 1 atom stereocenters. The molecule has 0 aromatic carbocycles. The summed E-state index contributed by atoms with van der Waals surface area (Å²) < 4.78 is 40.9. The Hall–Kier alpha value is -3.70. The average molecular weight is 445 g/mol. The first kappa shape index (κ1) is 21.5. The number of hydrogen-bond acceptors (Lipinski definition) is 7. The predicted molar refractivity (Wildman–Crippen MR) is 113 cm³/mol. The van der Waals surface area contributed by atoms with E-state index in [4.69, 9.17) is 0 Å². The van der Waals surface area contributed by atoms with Crippen LogP contribution in [0.25, 0.3) is 16.9 Å². The number of anilines is 2. The summed E-state index contributed by atoms with van der Waals surface area (Å²) in [5.41, 5.74) is 1.96. The van der Waals surface area contributed by atoms with Gasteiger partial charge in [-0.3, -0.25) is 0 Å². The van der Waals surface area contributed by atoms with Crippen LogP contribution in [0.15, 0.2) is 30.7 Å². The number of pyridine rings is 1. The number of aromatic nitrogens is 7. The summed E-state index contributed by atoms with van der Waals surface area (Å²) in [4.78, 5) is 23.4. The van der Waals surface area contributed by atoms with Crippen LogP contribution in [0, 0.1) is 12.8 Å². The van der Waals surface area contributed by atoms with E-state index < -0.39 is 18.0 Å². The normalized spacial score (nSPS) is 13.0. The van der Waals surface area contributed by atoms with Crippen molar-refractivity contribution in [3.8, 4) is 11.4 Å². The van der Waals surface area contributed by atoms with Crippen molar-refractivity contribution in [2.45, 2.75) is 33.0 Å². The fraction of sp³-hybridized carbons (Fsp3) is 0.350. The summed E-state index contributed by atoms with van der Waals surface area (Å²) in [6.07, 6.45) is 0.271. The van der Waals surface area contributed by atoms with Crippen LogP contribution in [0.1, 0.15) is 37.2 Å². The van der Waals surface area contributed by atoms with E-state index >= 15 is 0 Å². The van der Waals surface area contributed by atoms with E-state index in [-0.39, 0.29) is 17.6 Å². The second-order valence-corrected chi connectivity index (χ2v) is 7.63. The standard InChI is InChI=1S/C20H22F3N9/c1-10(2)15(14-8-26-17(27-14)20(21,22)23)28-19-30-16(29-18(24-4)31-19)12-5-6-13-7-25-11(3)32(13)9-12/h5-10,15H,1-4H3,(H,26,27)(H2,24,28,29,30,31)/t15-/m0/s1. The molecule has 9 nitrogen and oxygen atoms in total. The molecule has 0 saturated heterocycles. The zero-order chi connectivity index (χ0) is 23.0. The lowest BCUT2D eigenvalue weighted by molar-refractivity contribution is -0.144. The minimum absolute atomic E-state index is 0.0836. The van der Waals surface area contributed by atoms with Crippen molar-refractivity contribution >= 4 is 17.4 Å². The van der Waals surface area contributed by atoms with Gasteiger partial charge in [-0.15, -0.1) is 0 Å². The highest BCUT2D eigenvalue weighted by atomic mass is 19.4. The predicted octanol–water partition coefficient (Wildman–Crippen LogP) is 4.09. The van der Waals surface area contributed by atoms with Crippen LogP contribution in [0.2, 0.25) is 0 Å². The fourth-order valence-electron chi connectivity index (χ4n) is 3.31. The molecule has 0 aliphatic rings. The third-order valence-corrected chi connectivity index (χ3v) is 4.98. The highest BCUT2D eigenvalue weighted by Crippen LogP contribution is 2.30. The van der Waals surface area contributed by atoms with Crippen molar-refractivity contribution in [1.82, 2.24) is 34.3 Å². The summed E-state index contributed by atoms with van der Waals surface area (Å²) >= 11 is 0. The van der Waals surface area contributed by atoms with Crippen molar-refractivity contribution in [3.05, 3.63) is 48.1 Å². The molecular weight excluding hydrogens is 423 g/mol. The number of imidazole rings is 2. The van der Waals surface area contributed by atoms with Crippen LogP contribution >= 0.6 is 0 Å². The molecule has 0 saturated carbocycles. The first-order valence-corrected chi connectivity index (χ1v) is 9.92. The fourth-order valence-corrected chi connectivity index (χ4v) is 3.31. The van der Waals surface area contributed by atoms with Gasteiger partial charge in [0, 0.05) is 18.8 Å². The highest BCUT2D eigenvalue weighted by Gasteiger charge is 2.35. The van der Waals surface area contributed by atoms with Crippen molar-refractivity contribution < 1.29 is 13.2 Å². The van der Waals surface area contributed by atoms with Crippen LogP contribution in [0.4, 0.5) is 25.1 Å². The van der Waals surface area contributed by atoms with Gasteiger partial charge in [-0.2, -0.15) is 28.1 Å². The smallest absolute Gasteiger partial charge is 0.357 e. The van der Waals surface area contributed by atoms with Crippen LogP contribution in [0.5, 0.6) is 0 Å². The maximum atomic E-state index is 13.0. The lowest BCUT2D eigenvalue weighted by Crippen LogP contribution is -2.20. The van der Waals surface area contributed by atoms with Crippen molar-refractivity contribution in [2.24, 2.45) is 5.92 Å². The Labute approximate surface area is 181 Å². The Morgan fingerprint density at radius 3 is 2.44 bits per heavy atom. The SMILES string of the molecule is CNc1nc(N[C@H](c2cnc(C(F)(F)F)[nH]2)C(C)C)nc(-c2ccc3cnc(C)n3c2)n1. The van der Waals surface area contributed by atoms with Gasteiger partial charge in [0.15, 0.2) is 5.82 Å². The molecule has 4 aromatic rings. The van der Waals surface area contributed by atoms with Gasteiger partial charge >= 0.3 is 6.18 Å². The molecule has 0 fully saturated rings. The van der Waals surface area contributed by atoms with E-state index in [1.165, 1.54) is 6.20 Å². The monoisotopic (exact) mass is 445 g/mol. The number of fused-ring (bicyclic) bond motifs is 1.